The van der Waals surface area contributed by atoms with Crippen LogP contribution < -0.4 is 4.74 Å². The summed E-state index contributed by atoms with van der Waals surface area (Å²) in [6.45, 7) is 9.18. The number of aliphatic hydroxyl groups is 1. The van der Waals surface area contributed by atoms with Crippen molar-refractivity contribution in [3.05, 3.63) is 71.3 Å². The van der Waals surface area contributed by atoms with Crippen molar-refractivity contribution < 1.29 is 24.2 Å². The SMILES string of the molecule is CC(C)COc1ccc(/C(O)=C2/C(=O)C(=O)N(CCCN3CCOCC3)C2c2ccccc2)cc1. The van der Waals surface area contributed by atoms with Gasteiger partial charge in [0.15, 0.2) is 0 Å². The lowest BCUT2D eigenvalue weighted by molar-refractivity contribution is -0.140. The normalized spacial score (nSPS) is 20.5. The van der Waals surface area contributed by atoms with E-state index >= 15 is 0 Å². The predicted molar refractivity (Wildman–Crippen MR) is 134 cm³/mol. The minimum atomic E-state index is -0.650. The number of aliphatic hydroxyl groups excluding tert-OH is 1. The van der Waals surface area contributed by atoms with E-state index in [1.54, 1.807) is 29.2 Å². The standard InChI is InChI=1S/C28H34N2O5/c1-20(2)19-35-23-11-9-22(10-12-23)26(31)24-25(21-7-4-3-5-8-21)30(28(33)27(24)32)14-6-13-29-15-17-34-18-16-29/h3-5,7-12,20,25,31H,6,13-19H2,1-2H3/b26-24-. The third-order valence-electron chi connectivity index (χ3n) is 6.34. The number of carbonyl (C=O) groups is 2. The van der Waals surface area contributed by atoms with Crippen LogP contribution in [0.3, 0.4) is 0 Å². The highest BCUT2D eigenvalue weighted by atomic mass is 16.5. The molecule has 2 aromatic carbocycles. The van der Waals surface area contributed by atoms with Crippen molar-refractivity contribution in [2.24, 2.45) is 5.92 Å². The fourth-order valence-corrected chi connectivity index (χ4v) is 4.51. The Hall–Kier alpha value is -3.16. The summed E-state index contributed by atoms with van der Waals surface area (Å²) in [5.41, 5.74) is 1.41. The number of rotatable bonds is 9. The van der Waals surface area contributed by atoms with Crippen molar-refractivity contribution in [1.29, 1.82) is 0 Å². The molecule has 1 unspecified atom stereocenters. The van der Waals surface area contributed by atoms with Gasteiger partial charge < -0.3 is 19.5 Å². The minimum absolute atomic E-state index is 0.128. The Morgan fingerprint density at radius 1 is 1.03 bits per heavy atom. The van der Waals surface area contributed by atoms with Crippen LogP contribution in [0.15, 0.2) is 60.2 Å². The van der Waals surface area contributed by atoms with Crippen LogP contribution >= 0.6 is 0 Å². The van der Waals surface area contributed by atoms with Crippen LogP contribution in [-0.4, -0.2) is 72.6 Å². The summed E-state index contributed by atoms with van der Waals surface area (Å²) in [5, 5.41) is 11.2. The van der Waals surface area contributed by atoms with Gasteiger partial charge in [0, 0.05) is 31.7 Å². The molecule has 2 saturated heterocycles. The second-order valence-corrected chi connectivity index (χ2v) is 9.44. The van der Waals surface area contributed by atoms with Gasteiger partial charge in [-0.2, -0.15) is 0 Å². The Morgan fingerprint density at radius 3 is 2.37 bits per heavy atom. The molecule has 7 nitrogen and oxygen atoms in total. The zero-order valence-corrected chi connectivity index (χ0v) is 20.5. The van der Waals surface area contributed by atoms with Crippen molar-refractivity contribution in [2.75, 3.05) is 46.0 Å². The highest BCUT2D eigenvalue weighted by Crippen LogP contribution is 2.39. The van der Waals surface area contributed by atoms with Gasteiger partial charge in [0.1, 0.15) is 11.5 Å². The van der Waals surface area contributed by atoms with E-state index in [-0.39, 0.29) is 11.3 Å². The quantitative estimate of drug-likeness (QED) is 0.335. The Kier molecular flexibility index (Phi) is 8.21. The highest BCUT2D eigenvalue weighted by molar-refractivity contribution is 6.46. The average Bonchev–Trinajstić information content (AvgIpc) is 3.13. The first-order valence-corrected chi connectivity index (χ1v) is 12.3. The molecule has 1 amide bonds. The summed E-state index contributed by atoms with van der Waals surface area (Å²) in [5.74, 6) is -0.294. The Bertz CT molecular complexity index is 1040. The third kappa shape index (κ3) is 5.92. The van der Waals surface area contributed by atoms with Crippen LogP contribution in [0, 0.1) is 5.92 Å². The molecule has 35 heavy (non-hydrogen) atoms. The van der Waals surface area contributed by atoms with E-state index in [0.29, 0.717) is 30.4 Å². The van der Waals surface area contributed by atoms with Gasteiger partial charge in [-0.1, -0.05) is 44.2 Å². The largest absolute Gasteiger partial charge is 0.507 e. The molecule has 186 valence electrons. The van der Waals surface area contributed by atoms with Crippen LogP contribution in [-0.2, 0) is 14.3 Å². The molecular weight excluding hydrogens is 444 g/mol. The molecule has 0 aromatic heterocycles. The van der Waals surface area contributed by atoms with Gasteiger partial charge >= 0.3 is 0 Å². The van der Waals surface area contributed by atoms with Crippen LogP contribution in [0.2, 0.25) is 0 Å². The number of nitrogens with zero attached hydrogens (tertiary/aromatic N) is 2. The van der Waals surface area contributed by atoms with Gasteiger partial charge in [-0.05, 0) is 42.2 Å². The molecule has 1 atom stereocenters. The number of benzene rings is 2. The number of likely N-dealkylation sites (tertiary alicyclic amines) is 1. The number of morpholine rings is 1. The maximum atomic E-state index is 13.2. The summed E-state index contributed by atoms with van der Waals surface area (Å²) in [6, 6.07) is 15.8. The van der Waals surface area contributed by atoms with Crippen molar-refractivity contribution in [2.45, 2.75) is 26.3 Å². The molecule has 0 bridgehead atoms. The van der Waals surface area contributed by atoms with Gasteiger partial charge in [-0.15, -0.1) is 0 Å². The summed E-state index contributed by atoms with van der Waals surface area (Å²) in [7, 11) is 0. The fourth-order valence-electron chi connectivity index (χ4n) is 4.51. The second-order valence-electron chi connectivity index (χ2n) is 9.44. The first-order chi connectivity index (χ1) is 17.0. The van der Waals surface area contributed by atoms with Gasteiger partial charge in [0.25, 0.3) is 11.7 Å². The molecule has 2 heterocycles. The van der Waals surface area contributed by atoms with E-state index in [1.807, 2.05) is 30.3 Å². The summed E-state index contributed by atoms with van der Waals surface area (Å²) >= 11 is 0. The Balaban J connectivity index is 1.59. The summed E-state index contributed by atoms with van der Waals surface area (Å²) < 4.78 is 11.1. The van der Waals surface area contributed by atoms with Crippen LogP contribution in [0.1, 0.15) is 37.4 Å². The zero-order valence-electron chi connectivity index (χ0n) is 20.5. The number of carbonyl (C=O) groups excluding carboxylic acids is 2. The maximum absolute atomic E-state index is 13.2. The van der Waals surface area contributed by atoms with E-state index in [1.165, 1.54) is 0 Å². The molecule has 0 saturated carbocycles. The number of ketones is 1. The molecule has 2 aliphatic heterocycles. The zero-order chi connectivity index (χ0) is 24.8. The first-order valence-electron chi connectivity index (χ1n) is 12.3. The Morgan fingerprint density at radius 2 is 1.71 bits per heavy atom. The maximum Gasteiger partial charge on any atom is 0.295 e. The molecule has 0 spiro atoms. The fraction of sp³-hybridized carbons (Fsp3) is 0.429. The van der Waals surface area contributed by atoms with E-state index in [0.717, 1.165) is 44.8 Å². The highest BCUT2D eigenvalue weighted by Gasteiger charge is 2.45. The lowest BCUT2D eigenvalue weighted by atomic mass is 9.95. The van der Waals surface area contributed by atoms with Crippen LogP contribution in [0.4, 0.5) is 0 Å². The number of amides is 1. The molecule has 2 aliphatic rings. The molecule has 7 heteroatoms. The molecular formula is C28H34N2O5. The van der Waals surface area contributed by atoms with E-state index in [4.69, 9.17) is 9.47 Å². The van der Waals surface area contributed by atoms with Crippen LogP contribution in [0.25, 0.3) is 5.76 Å². The molecule has 4 rings (SSSR count). The molecule has 2 fully saturated rings. The molecule has 0 aliphatic carbocycles. The molecule has 2 aromatic rings. The lowest BCUT2D eigenvalue weighted by Gasteiger charge is -2.29. The van der Waals surface area contributed by atoms with Crippen molar-refractivity contribution in [1.82, 2.24) is 9.80 Å². The van der Waals surface area contributed by atoms with E-state index < -0.39 is 17.7 Å². The summed E-state index contributed by atoms with van der Waals surface area (Å²) in [6.07, 6.45) is 0.734. The minimum Gasteiger partial charge on any atom is -0.507 e. The second kappa shape index (κ2) is 11.5. The Labute approximate surface area is 206 Å². The van der Waals surface area contributed by atoms with E-state index in [9.17, 15) is 14.7 Å². The average molecular weight is 479 g/mol. The van der Waals surface area contributed by atoms with Gasteiger partial charge in [0.05, 0.1) is 31.4 Å². The predicted octanol–water partition coefficient (Wildman–Crippen LogP) is 3.87. The first kappa shape index (κ1) is 24.9. The topological polar surface area (TPSA) is 79.3 Å². The number of Topliss-reactive ketones (excluding diaryl/α,β-unsaturated/α-hetero) is 1. The van der Waals surface area contributed by atoms with Gasteiger partial charge in [-0.3, -0.25) is 14.5 Å². The van der Waals surface area contributed by atoms with Crippen molar-refractivity contribution in [3.8, 4) is 5.75 Å². The molecule has 0 radical (unpaired) electrons. The summed E-state index contributed by atoms with van der Waals surface area (Å²) in [4.78, 5) is 30.2. The smallest absolute Gasteiger partial charge is 0.295 e. The van der Waals surface area contributed by atoms with Crippen LogP contribution in [0.5, 0.6) is 5.75 Å². The lowest BCUT2D eigenvalue weighted by Crippen LogP contribution is -2.38. The number of hydrogen-bond acceptors (Lipinski definition) is 6. The number of hydrogen-bond donors (Lipinski definition) is 1. The monoisotopic (exact) mass is 478 g/mol. The van der Waals surface area contributed by atoms with Crippen molar-refractivity contribution in [3.63, 3.8) is 0 Å². The van der Waals surface area contributed by atoms with E-state index in [2.05, 4.69) is 18.7 Å². The van der Waals surface area contributed by atoms with Gasteiger partial charge in [-0.25, -0.2) is 0 Å². The number of ether oxygens (including phenoxy) is 2. The van der Waals surface area contributed by atoms with Gasteiger partial charge in [0.2, 0.25) is 0 Å². The van der Waals surface area contributed by atoms with Crippen molar-refractivity contribution >= 4 is 17.4 Å². The third-order valence-corrected chi connectivity index (χ3v) is 6.34. The molecule has 1 N–H and O–H groups in total.